The first-order chi connectivity index (χ1) is 17.8. The minimum Gasteiger partial charge on any atom is -0.477 e. The second-order valence-electron chi connectivity index (χ2n) is 11.9. The van der Waals surface area contributed by atoms with E-state index >= 15 is 0 Å². The Morgan fingerprint density at radius 2 is 1.63 bits per heavy atom. The molecule has 6 atom stereocenters. The van der Waals surface area contributed by atoms with E-state index in [0.717, 1.165) is 24.8 Å². The zero-order valence-electron chi connectivity index (χ0n) is 21.3. The molecule has 4 aliphatic carbocycles. The third-order valence-corrected chi connectivity index (χ3v) is 10.2. The highest BCUT2D eigenvalue weighted by Gasteiger charge is 2.57. The quantitative estimate of drug-likeness (QED) is 0.230. The molecular weight excluding hydrogens is 518 g/mol. The fraction of sp³-hybridized carbons (Fsp3) is 0.731. The Bertz CT molecular complexity index is 1110. The lowest BCUT2D eigenvalue weighted by Gasteiger charge is -2.59. The van der Waals surface area contributed by atoms with Gasteiger partial charge in [0.15, 0.2) is 0 Å². The molecule has 0 spiro atoms. The van der Waals surface area contributed by atoms with Crippen molar-refractivity contribution in [2.24, 2.45) is 17.8 Å². The summed E-state index contributed by atoms with van der Waals surface area (Å²) in [7, 11) is -4.25. The number of hydrogen-bond donors (Lipinski definition) is 6. The number of aliphatic hydroxyl groups excluding tert-OH is 3. The van der Waals surface area contributed by atoms with Gasteiger partial charge in [-0.1, -0.05) is 17.7 Å². The molecule has 0 amide bonds. The van der Waals surface area contributed by atoms with Gasteiger partial charge >= 0.3 is 5.97 Å². The van der Waals surface area contributed by atoms with Crippen molar-refractivity contribution in [3.63, 3.8) is 0 Å². The van der Waals surface area contributed by atoms with Crippen LogP contribution in [-0.4, -0.2) is 88.3 Å². The summed E-state index contributed by atoms with van der Waals surface area (Å²) in [5.74, 6) is -2.86. The number of aryl methyl sites for hydroxylation is 1. The molecule has 1 aliphatic heterocycles. The topological polar surface area (TPSA) is 183 Å². The normalized spacial score (nSPS) is 40.1. The van der Waals surface area contributed by atoms with Crippen LogP contribution in [0, 0.1) is 24.7 Å². The molecule has 5 aliphatic rings. The molecule has 1 heterocycles. The van der Waals surface area contributed by atoms with Crippen molar-refractivity contribution in [3.05, 3.63) is 29.8 Å². The smallest absolute Gasteiger partial charge is 0.364 e. The summed E-state index contributed by atoms with van der Waals surface area (Å²) in [6.45, 7) is 0.949. The Morgan fingerprint density at radius 3 is 2.16 bits per heavy atom. The van der Waals surface area contributed by atoms with Crippen LogP contribution in [-0.2, 0) is 23.8 Å². The molecule has 0 radical (unpaired) electrons. The van der Waals surface area contributed by atoms with E-state index in [-0.39, 0.29) is 10.4 Å². The van der Waals surface area contributed by atoms with Gasteiger partial charge in [-0.05, 0) is 75.3 Å². The molecule has 11 nitrogen and oxygen atoms in total. The second-order valence-corrected chi connectivity index (χ2v) is 13.5. The number of benzene rings is 1. The third kappa shape index (κ3) is 5.37. The van der Waals surface area contributed by atoms with Gasteiger partial charge in [0.2, 0.25) is 0 Å². The molecule has 4 saturated carbocycles. The van der Waals surface area contributed by atoms with E-state index in [1.807, 2.05) is 0 Å². The minimum atomic E-state index is -4.25. The minimum absolute atomic E-state index is 0.129. The first-order valence-corrected chi connectivity index (χ1v) is 14.6. The van der Waals surface area contributed by atoms with Crippen molar-refractivity contribution in [1.82, 2.24) is 5.32 Å². The highest BCUT2D eigenvalue weighted by Crippen LogP contribution is 2.56. The van der Waals surface area contributed by atoms with E-state index in [4.69, 9.17) is 8.92 Å². The van der Waals surface area contributed by atoms with Gasteiger partial charge in [-0.25, -0.2) is 4.79 Å². The highest BCUT2D eigenvalue weighted by atomic mass is 32.2. The average molecular weight is 556 g/mol. The van der Waals surface area contributed by atoms with Gasteiger partial charge in [0, 0.05) is 12.0 Å². The van der Waals surface area contributed by atoms with Gasteiger partial charge in [0.25, 0.3) is 15.9 Å². The van der Waals surface area contributed by atoms with Crippen LogP contribution in [0.25, 0.3) is 0 Å². The van der Waals surface area contributed by atoms with E-state index in [2.05, 4.69) is 5.32 Å². The SMILES string of the molecule is Cc1ccc(S(=O)(=O)OC[C@@H](O)[C@@H](O)C2O[C@](O)(C(=O)O)C[C@@H](O)[C@H]2NC23CC4CC(CC(C4)C2)C3)cc1. The Hall–Kier alpha value is -1.64. The van der Waals surface area contributed by atoms with Crippen molar-refractivity contribution < 1.29 is 47.7 Å². The summed E-state index contributed by atoms with van der Waals surface area (Å²) >= 11 is 0. The monoisotopic (exact) mass is 555 g/mol. The molecule has 212 valence electrons. The molecule has 1 aromatic rings. The number of rotatable bonds is 9. The van der Waals surface area contributed by atoms with Gasteiger partial charge in [0.05, 0.1) is 23.6 Å². The predicted molar refractivity (Wildman–Crippen MR) is 132 cm³/mol. The van der Waals surface area contributed by atoms with Gasteiger partial charge in [-0.3, -0.25) is 4.18 Å². The summed E-state index contributed by atoms with van der Waals surface area (Å²) in [5, 5.41) is 56.3. The zero-order valence-corrected chi connectivity index (χ0v) is 22.1. The summed E-state index contributed by atoms with van der Waals surface area (Å²) in [4.78, 5) is 11.6. The predicted octanol–water partition coefficient (Wildman–Crippen LogP) is 0.272. The standard InChI is InChI=1S/C26H37NO10S/c1-14-2-4-18(5-3-14)38(34,35)36-13-20(29)22(30)23-21(19(28)12-26(33,37-23)24(31)32)27-25-9-15-6-16(10-25)8-17(7-15)11-25/h2-5,15-17,19-23,27-30,33H,6-13H2,1H3,(H,31,32)/t15?,16?,17?,19-,20-,21-,22-,23?,25?,26+/m1/s1. The zero-order chi connectivity index (χ0) is 27.5. The summed E-state index contributed by atoms with van der Waals surface area (Å²) < 4.78 is 35.5. The molecule has 1 aromatic carbocycles. The number of nitrogens with one attached hydrogen (secondary N) is 1. The Kier molecular flexibility index (Phi) is 7.40. The maximum Gasteiger partial charge on any atom is 0.364 e. The van der Waals surface area contributed by atoms with Crippen LogP contribution >= 0.6 is 0 Å². The number of aliphatic hydroxyl groups is 4. The summed E-state index contributed by atoms with van der Waals surface area (Å²) in [6.07, 6.45) is -1.17. The fourth-order valence-corrected chi connectivity index (χ4v) is 8.39. The molecule has 6 rings (SSSR count). The van der Waals surface area contributed by atoms with Crippen LogP contribution in [0.5, 0.6) is 0 Å². The van der Waals surface area contributed by atoms with Crippen LogP contribution in [0.1, 0.15) is 50.5 Å². The lowest BCUT2D eigenvalue weighted by molar-refractivity contribution is -0.297. The number of carboxylic acids is 1. The van der Waals surface area contributed by atoms with E-state index in [0.29, 0.717) is 17.8 Å². The summed E-state index contributed by atoms with van der Waals surface area (Å²) in [5.41, 5.74) is 0.521. The van der Waals surface area contributed by atoms with Gasteiger partial charge in [-0.2, -0.15) is 8.42 Å². The largest absolute Gasteiger partial charge is 0.477 e. The van der Waals surface area contributed by atoms with Crippen LogP contribution in [0.3, 0.4) is 0 Å². The van der Waals surface area contributed by atoms with E-state index in [1.165, 1.54) is 31.4 Å². The number of hydrogen-bond acceptors (Lipinski definition) is 10. The lowest BCUT2D eigenvalue weighted by Crippen LogP contribution is -2.71. The third-order valence-electron chi connectivity index (χ3n) is 8.87. The Morgan fingerprint density at radius 1 is 1.08 bits per heavy atom. The van der Waals surface area contributed by atoms with Gasteiger partial charge in [-0.15, -0.1) is 0 Å². The van der Waals surface area contributed by atoms with Crippen molar-refractivity contribution in [3.8, 4) is 0 Å². The van der Waals surface area contributed by atoms with Crippen LogP contribution in [0.15, 0.2) is 29.2 Å². The number of carbonyl (C=O) groups is 1. The van der Waals surface area contributed by atoms with Gasteiger partial charge < -0.3 is 35.6 Å². The number of ether oxygens (including phenoxy) is 1. The average Bonchev–Trinajstić information content (AvgIpc) is 2.83. The second kappa shape index (κ2) is 10.1. The van der Waals surface area contributed by atoms with Crippen molar-refractivity contribution >= 4 is 16.1 Å². The maximum atomic E-state index is 12.6. The van der Waals surface area contributed by atoms with E-state index < -0.39 is 65.4 Å². The molecular formula is C26H37NO10S. The van der Waals surface area contributed by atoms with E-state index in [1.54, 1.807) is 19.1 Å². The maximum absolute atomic E-state index is 12.6. The Balaban J connectivity index is 1.34. The van der Waals surface area contributed by atoms with E-state index in [9.17, 15) is 38.7 Å². The molecule has 38 heavy (non-hydrogen) atoms. The Labute approximate surface area is 221 Å². The molecule has 0 aromatic heterocycles. The lowest BCUT2D eigenvalue weighted by atomic mass is 9.52. The number of carboxylic acid groups (broad SMARTS) is 1. The molecule has 5 fully saturated rings. The molecule has 1 saturated heterocycles. The van der Waals surface area contributed by atoms with Crippen molar-refractivity contribution in [2.45, 2.75) is 98.5 Å². The van der Waals surface area contributed by atoms with Crippen LogP contribution in [0.2, 0.25) is 0 Å². The molecule has 6 N–H and O–H groups in total. The van der Waals surface area contributed by atoms with Gasteiger partial charge in [0.1, 0.15) is 18.3 Å². The fourth-order valence-electron chi connectivity index (χ4n) is 7.46. The first-order valence-electron chi connectivity index (χ1n) is 13.2. The van der Waals surface area contributed by atoms with Crippen LogP contribution in [0.4, 0.5) is 0 Å². The highest BCUT2D eigenvalue weighted by molar-refractivity contribution is 7.86. The first kappa shape index (κ1) is 27.9. The molecule has 4 bridgehead atoms. The van der Waals surface area contributed by atoms with Crippen molar-refractivity contribution in [2.75, 3.05) is 6.61 Å². The molecule has 12 heteroatoms. The summed E-state index contributed by atoms with van der Waals surface area (Å²) in [6, 6.07) is 4.88. The number of aliphatic carboxylic acids is 1. The van der Waals surface area contributed by atoms with Crippen molar-refractivity contribution in [1.29, 1.82) is 0 Å². The van der Waals surface area contributed by atoms with Crippen LogP contribution < -0.4 is 5.32 Å². The molecule has 1 unspecified atom stereocenters.